The largest absolute Gasteiger partial charge is 0.493 e. The lowest BCUT2D eigenvalue weighted by molar-refractivity contribution is -0.132. The van der Waals surface area contributed by atoms with E-state index in [9.17, 15) is 9.59 Å². The number of anilines is 1. The minimum Gasteiger partial charge on any atom is -0.493 e. The summed E-state index contributed by atoms with van der Waals surface area (Å²) in [4.78, 5) is 28.3. The first-order chi connectivity index (χ1) is 14.5. The molecule has 7 nitrogen and oxygen atoms in total. The fourth-order valence-corrected chi connectivity index (χ4v) is 2.98. The molecule has 0 radical (unpaired) electrons. The predicted octanol–water partition coefficient (Wildman–Crippen LogP) is 4.68. The first-order valence-corrected chi connectivity index (χ1v) is 9.17. The lowest BCUT2D eigenvalue weighted by Crippen LogP contribution is -2.12. The monoisotopic (exact) mass is 402 g/mol. The first-order valence-electron chi connectivity index (χ1n) is 9.17. The van der Waals surface area contributed by atoms with Gasteiger partial charge in [-0.05, 0) is 48.5 Å². The van der Waals surface area contributed by atoms with Gasteiger partial charge in [0.1, 0.15) is 5.52 Å². The Balaban J connectivity index is 1.56. The summed E-state index contributed by atoms with van der Waals surface area (Å²) in [6.45, 7) is 1.30. The molecule has 0 aliphatic heterocycles. The Morgan fingerprint density at radius 3 is 2.57 bits per heavy atom. The molecule has 1 N–H and O–H groups in total. The van der Waals surface area contributed by atoms with Crippen LogP contribution in [0, 0.1) is 0 Å². The number of para-hydroxylation sites is 2. The molecule has 0 spiro atoms. The molecular weight excluding hydrogens is 384 g/mol. The summed E-state index contributed by atoms with van der Waals surface area (Å²) in [5, 5.41) is 2.84. The molecule has 7 heteroatoms. The minimum absolute atomic E-state index is 0.250. The average Bonchev–Trinajstić information content (AvgIpc) is 3.18. The maximum absolute atomic E-state index is 12.7. The maximum atomic E-state index is 12.7. The molecule has 1 amide bonds. The molecule has 3 aromatic carbocycles. The molecule has 0 aliphatic carbocycles. The van der Waals surface area contributed by atoms with Crippen molar-refractivity contribution in [2.24, 2.45) is 0 Å². The molecule has 0 atom stereocenters. The molecule has 1 heterocycles. The van der Waals surface area contributed by atoms with Crippen LogP contribution < -0.4 is 14.8 Å². The van der Waals surface area contributed by atoms with Crippen LogP contribution in [0.25, 0.3) is 22.6 Å². The van der Waals surface area contributed by atoms with Crippen molar-refractivity contribution in [3.05, 3.63) is 72.3 Å². The summed E-state index contributed by atoms with van der Waals surface area (Å²) in [5.74, 6) is 0.205. The molecule has 1 aromatic heterocycles. The van der Waals surface area contributed by atoms with Gasteiger partial charge in [0, 0.05) is 23.7 Å². The quantitative estimate of drug-likeness (QED) is 0.385. The number of nitrogens with one attached hydrogen (secondary N) is 1. The number of aromatic nitrogens is 1. The molecule has 0 aliphatic rings. The van der Waals surface area contributed by atoms with E-state index < -0.39 is 5.97 Å². The van der Waals surface area contributed by atoms with E-state index in [2.05, 4.69) is 10.3 Å². The van der Waals surface area contributed by atoms with E-state index in [1.165, 1.54) is 26.2 Å². The molecular formula is C23H18N2O5. The summed E-state index contributed by atoms with van der Waals surface area (Å²) in [7, 11) is 1.44. The van der Waals surface area contributed by atoms with Gasteiger partial charge in [0.05, 0.1) is 7.11 Å². The molecule has 0 saturated heterocycles. The second kappa shape index (κ2) is 8.08. The molecule has 0 fully saturated rings. The third kappa shape index (κ3) is 4.00. The Morgan fingerprint density at radius 1 is 0.967 bits per heavy atom. The Morgan fingerprint density at radius 2 is 1.80 bits per heavy atom. The fraction of sp³-hybridized carbons (Fsp3) is 0.0870. The number of hydrogen-bond donors (Lipinski definition) is 1. The summed E-state index contributed by atoms with van der Waals surface area (Å²) in [6, 6.07) is 19.3. The van der Waals surface area contributed by atoms with Crippen molar-refractivity contribution >= 4 is 28.7 Å². The number of esters is 1. The number of hydrogen-bond acceptors (Lipinski definition) is 6. The van der Waals surface area contributed by atoms with Crippen molar-refractivity contribution in [2.45, 2.75) is 6.92 Å². The van der Waals surface area contributed by atoms with Crippen LogP contribution in [0.4, 0.5) is 5.69 Å². The van der Waals surface area contributed by atoms with Crippen molar-refractivity contribution in [3.8, 4) is 23.0 Å². The highest BCUT2D eigenvalue weighted by Crippen LogP contribution is 2.29. The van der Waals surface area contributed by atoms with Gasteiger partial charge in [-0.3, -0.25) is 9.59 Å². The van der Waals surface area contributed by atoms with E-state index in [0.29, 0.717) is 22.7 Å². The molecule has 0 saturated carbocycles. The lowest BCUT2D eigenvalue weighted by Gasteiger charge is -2.11. The van der Waals surface area contributed by atoms with Gasteiger partial charge in [-0.1, -0.05) is 18.2 Å². The van der Waals surface area contributed by atoms with Gasteiger partial charge in [-0.15, -0.1) is 0 Å². The van der Waals surface area contributed by atoms with E-state index >= 15 is 0 Å². The molecule has 30 heavy (non-hydrogen) atoms. The van der Waals surface area contributed by atoms with Crippen LogP contribution in [0.2, 0.25) is 0 Å². The van der Waals surface area contributed by atoms with Gasteiger partial charge in [0.25, 0.3) is 5.91 Å². The normalized spacial score (nSPS) is 10.6. The van der Waals surface area contributed by atoms with Crippen LogP contribution in [0.1, 0.15) is 17.3 Å². The number of benzene rings is 3. The molecule has 4 aromatic rings. The topological polar surface area (TPSA) is 90.7 Å². The second-order valence-corrected chi connectivity index (χ2v) is 6.48. The summed E-state index contributed by atoms with van der Waals surface area (Å²) >= 11 is 0. The summed E-state index contributed by atoms with van der Waals surface area (Å²) < 4.78 is 16.1. The number of ether oxygens (including phenoxy) is 2. The van der Waals surface area contributed by atoms with E-state index in [4.69, 9.17) is 13.9 Å². The van der Waals surface area contributed by atoms with Crippen molar-refractivity contribution in [1.29, 1.82) is 0 Å². The Labute approximate surface area is 172 Å². The molecule has 0 unspecified atom stereocenters. The smallest absolute Gasteiger partial charge is 0.308 e. The van der Waals surface area contributed by atoms with E-state index in [0.717, 1.165) is 11.1 Å². The van der Waals surface area contributed by atoms with E-state index in [1.54, 1.807) is 18.2 Å². The van der Waals surface area contributed by atoms with Gasteiger partial charge < -0.3 is 19.2 Å². The van der Waals surface area contributed by atoms with Gasteiger partial charge in [0.2, 0.25) is 5.89 Å². The predicted molar refractivity (Wildman–Crippen MR) is 112 cm³/mol. The number of oxazole rings is 1. The van der Waals surface area contributed by atoms with Crippen molar-refractivity contribution in [1.82, 2.24) is 4.98 Å². The van der Waals surface area contributed by atoms with Crippen molar-refractivity contribution in [3.63, 3.8) is 0 Å². The van der Waals surface area contributed by atoms with Gasteiger partial charge >= 0.3 is 5.97 Å². The van der Waals surface area contributed by atoms with Crippen molar-refractivity contribution < 1.29 is 23.5 Å². The number of amides is 1. The Hall–Kier alpha value is -4.13. The average molecular weight is 402 g/mol. The highest BCUT2D eigenvalue weighted by atomic mass is 16.6. The number of carbonyl (C=O) groups excluding carboxylic acids is 2. The standard InChI is InChI=1S/C23H18N2O5/c1-14(26)29-20-11-10-15(13-21(20)28-2)22(27)24-17-7-5-6-16(12-17)23-25-18-8-3-4-9-19(18)30-23/h3-13H,1-2H3,(H,24,27). The van der Waals surface area contributed by atoms with Crippen LogP contribution in [0.3, 0.4) is 0 Å². The number of carbonyl (C=O) groups is 2. The molecule has 0 bridgehead atoms. The van der Waals surface area contributed by atoms with Crippen LogP contribution in [0.15, 0.2) is 71.1 Å². The summed E-state index contributed by atoms with van der Waals surface area (Å²) in [6.07, 6.45) is 0. The zero-order valence-electron chi connectivity index (χ0n) is 16.3. The van der Waals surface area contributed by atoms with Crippen molar-refractivity contribution in [2.75, 3.05) is 12.4 Å². The van der Waals surface area contributed by atoms with E-state index in [1.807, 2.05) is 36.4 Å². The number of methoxy groups -OCH3 is 1. The number of rotatable bonds is 5. The molecule has 4 rings (SSSR count). The zero-order valence-corrected chi connectivity index (χ0v) is 16.3. The van der Waals surface area contributed by atoms with Gasteiger partial charge in [-0.2, -0.15) is 0 Å². The highest BCUT2D eigenvalue weighted by molar-refractivity contribution is 6.05. The number of nitrogens with zero attached hydrogens (tertiary/aromatic N) is 1. The van der Waals surface area contributed by atoms with Crippen LogP contribution in [0.5, 0.6) is 11.5 Å². The zero-order chi connectivity index (χ0) is 21.1. The fourth-order valence-electron chi connectivity index (χ4n) is 2.98. The third-order valence-corrected chi connectivity index (χ3v) is 4.34. The maximum Gasteiger partial charge on any atom is 0.308 e. The Kier molecular flexibility index (Phi) is 5.17. The van der Waals surface area contributed by atoms with Crippen LogP contribution >= 0.6 is 0 Å². The summed E-state index contributed by atoms with van der Waals surface area (Å²) in [5.41, 5.74) is 3.15. The van der Waals surface area contributed by atoms with Gasteiger partial charge in [0.15, 0.2) is 17.1 Å². The second-order valence-electron chi connectivity index (χ2n) is 6.48. The van der Waals surface area contributed by atoms with Crippen LogP contribution in [-0.2, 0) is 4.79 Å². The SMILES string of the molecule is COc1cc(C(=O)Nc2cccc(-c3nc4ccccc4o3)c2)ccc1OC(C)=O. The van der Waals surface area contributed by atoms with E-state index in [-0.39, 0.29) is 17.4 Å². The molecule has 150 valence electrons. The minimum atomic E-state index is -0.471. The Bertz CT molecular complexity index is 1210. The third-order valence-electron chi connectivity index (χ3n) is 4.34. The lowest BCUT2D eigenvalue weighted by atomic mass is 10.1. The first kappa shape index (κ1) is 19.2. The van der Waals surface area contributed by atoms with Gasteiger partial charge in [-0.25, -0.2) is 4.98 Å². The van der Waals surface area contributed by atoms with Crippen LogP contribution in [-0.4, -0.2) is 24.0 Å². The highest BCUT2D eigenvalue weighted by Gasteiger charge is 2.14. The number of fused-ring (bicyclic) bond motifs is 1.